The van der Waals surface area contributed by atoms with Crippen LogP contribution in [0.1, 0.15) is 20.8 Å². The number of ketones is 2. The molecule has 0 atom stereocenters. The van der Waals surface area contributed by atoms with Crippen LogP contribution in [-0.2, 0) is 0 Å². The lowest BCUT2D eigenvalue weighted by Crippen LogP contribution is -2.24. The van der Waals surface area contributed by atoms with Gasteiger partial charge in [-0.2, -0.15) is 15.4 Å². The topological polar surface area (TPSA) is 114 Å². The molecule has 2 heterocycles. The molecule has 0 fully saturated rings. The van der Waals surface area contributed by atoms with Crippen LogP contribution >= 0.6 is 0 Å². The summed E-state index contributed by atoms with van der Waals surface area (Å²) >= 11 is 0. The fraction of sp³-hybridized carbons (Fsp3) is 0. The van der Waals surface area contributed by atoms with Crippen molar-refractivity contribution in [1.82, 2.24) is 30.8 Å². The van der Waals surface area contributed by atoms with Gasteiger partial charge in [0.25, 0.3) is 5.78 Å². The van der Waals surface area contributed by atoms with E-state index in [4.69, 9.17) is 0 Å². The Hall–Kier alpha value is -3.29. The molecule has 8 nitrogen and oxygen atoms in total. The zero-order chi connectivity index (χ0) is 14.4. The number of rotatable bonds is 1. The van der Waals surface area contributed by atoms with E-state index in [1.54, 1.807) is 24.3 Å². The third kappa shape index (κ3) is 1.52. The van der Waals surface area contributed by atoms with E-state index < -0.39 is 11.6 Å². The molecule has 0 saturated heterocycles. The lowest BCUT2D eigenvalue weighted by atomic mass is 9.91. The van der Waals surface area contributed by atoms with Crippen LogP contribution in [0.2, 0.25) is 0 Å². The standard InChI is InChI=1S/C13H6N6O2/c20-12-7-8(6-4-2-1-3-5-6)14-18-15-9(7)10-11(13(12)21)17-19-16-10/h1-5H,(H,16,17,19). The molecule has 2 aromatic heterocycles. The lowest BCUT2D eigenvalue weighted by molar-refractivity contribution is 0.0812. The largest absolute Gasteiger partial charge is 0.285 e. The molecule has 100 valence electrons. The molecule has 21 heavy (non-hydrogen) atoms. The maximum Gasteiger partial charge on any atom is 0.256 e. The number of nitrogens with zero attached hydrogens (tertiary/aromatic N) is 5. The number of aromatic amines is 1. The number of hydrogen-bond acceptors (Lipinski definition) is 7. The minimum Gasteiger partial charge on any atom is -0.285 e. The Morgan fingerprint density at radius 2 is 1.48 bits per heavy atom. The molecule has 0 radical (unpaired) electrons. The van der Waals surface area contributed by atoms with Crippen LogP contribution in [0.3, 0.4) is 0 Å². The van der Waals surface area contributed by atoms with Crippen LogP contribution in [0, 0.1) is 0 Å². The second-order valence-electron chi connectivity index (χ2n) is 4.41. The molecule has 1 aliphatic rings. The SMILES string of the molecule is O=C1C(=O)c2c(-c3ccccc3)nnnc2-c2n[nH]nc21. The quantitative estimate of drug-likeness (QED) is 0.651. The van der Waals surface area contributed by atoms with Crippen molar-refractivity contribution < 1.29 is 9.59 Å². The first-order chi connectivity index (χ1) is 10.3. The number of fused-ring (bicyclic) bond motifs is 3. The average molecular weight is 278 g/mol. The first-order valence-electron chi connectivity index (χ1n) is 6.06. The second kappa shape index (κ2) is 4.10. The number of nitrogens with one attached hydrogen (secondary N) is 1. The summed E-state index contributed by atoms with van der Waals surface area (Å²) in [6, 6.07) is 9.01. The Morgan fingerprint density at radius 1 is 0.762 bits per heavy atom. The molecule has 1 aromatic carbocycles. The molecule has 0 bridgehead atoms. The first kappa shape index (κ1) is 11.5. The van der Waals surface area contributed by atoms with Gasteiger partial charge in [-0.3, -0.25) is 9.59 Å². The molecule has 4 rings (SSSR count). The summed E-state index contributed by atoms with van der Waals surface area (Å²) in [6.45, 7) is 0. The van der Waals surface area contributed by atoms with Crippen molar-refractivity contribution in [3.63, 3.8) is 0 Å². The fourth-order valence-electron chi connectivity index (χ4n) is 2.28. The van der Waals surface area contributed by atoms with Crippen LogP contribution < -0.4 is 0 Å². The molecular formula is C13H6N6O2. The van der Waals surface area contributed by atoms with Crippen molar-refractivity contribution in [2.75, 3.05) is 0 Å². The van der Waals surface area contributed by atoms with Crippen molar-refractivity contribution in [1.29, 1.82) is 0 Å². The number of H-pyrrole nitrogens is 1. The predicted molar refractivity (Wildman–Crippen MR) is 69.3 cm³/mol. The van der Waals surface area contributed by atoms with Gasteiger partial charge >= 0.3 is 0 Å². The summed E-state index contributed by atoms with van der Waals surface area (Å²) in [5.41, 5.74) is 1.51. The highest BCUT2D eigenvalue weighted by atomic mass is 16.2. The Morgan fingerprint density at radius 3 is 2.29 bits per heavy atom. The minimum absolute atomic E-state index is 0.0352. The number of benzene rings is 1. The smallest absolute Gasteiger partial charge is 0.256 e. The van der Waals surface area contributed by atoms with Crippen molar-refractivity contribution in [3.05, 3.63) is 41.6 Å². The Balaban J connectivity index is 2.06. The summed E-state index contributed by atoms with van der Waals surface area (Å²) in [6.07, 6.45) is 0. The second-order valence-corrected chi connectivity index (χ2v) is 4.41. The average Bonchev–Trinajstić information content (AvgIpc) is 3.03. The lowest BCUT2D eigenvalue weighted by Gasteiger charge is -2.13. The minimum atomic E-state index is -0.724. The number of Topliss-reactive ketones (excluding diaryl/α,β-unsaturated/α-hetero) is 2. The highest BCUT2D eigenvalue weighted by Crippen LogP contribution is 2.33. The maximum absolute atomic E-state index is 12.3. The predicted octanol–water partition coefficient (Wildman–Crippen LogP) is 0.703. The van der Waals surface area contributed by atoms with Crippen molar-refractivity contribution in [2.24, 2.45) is 0 Å². The summed E-state index contributed by atoms with van der Waals surface area (Å²) in [7, 11) is 0. The molecule has 0 unspecified atom stereocenters. The van der Waals surface area contributed by atoms with E-state index in [1.165, 1.54) is 0 Å². The van der Waals surface area contributed by atoms with E-state index in [9.17, 15) is 9.59 Å². The Bertz CT molecular complexity index is 887. The molecule has 0 amide bonds. The van der Waals surface area contributed by atoms with Gasteiger partial charge in [0, 0.05) is 5.56 Å². The number of carbonyl (C=O) groups is 2. The molecular weight excluding hydrogens is 272 g/mol. The van der Waals surface area contributed by atoms with Crippen LogP contribution in [0.25, 0.3) is 22.6 Å². The van der Waals surface area contributed by atoms with E-state index in [2.05, 4.69) is 30.8 Å². The maximum atomic E-state index is 12.3. The van der Waals surface area contributed by atoms with Crippen molar-refractivity contribution in [3.8, 4) is 22.6 Å². The van der Waals surface area contributed by atoms with E-state index in [0.717, 1.165) is 0 Å². The van der Waals surface area contributed by atoms with Gasteiger partial charge in [-0.25, -0.2) is 0 Å². The molecule has 8 heteroatoms. The summed E-state index contributed by atoms with van der Waals surface area (Å²) in [5.74, 6) is -1.43. The third-order valence-corrected chi connectivity index (χ3v) is 3.23. The van der Waals surface area contributed by atoms with Crippen LogP contribution in [-0.4, -0.2) is 42.4 Å². The van der Waals surface area contributed by atoms with E-state index >= 15 is 0 Å². The zero-order valence-electron chi connectivity index (χ0n) is 10.4. The van der Waals surface area contributed by atoms with Gasteiger partial charge in [0.15, 0.2) is 5.69 Å². The van der Waals surface area contributed by atoms with E-state index in [0.29, 0.717) is 11.3 Å². The zero-order valence-corrected chi connectivity index (χ0v) is 10.4. The monoisotopic (exact) mass is 278 g/mol. The van der Waals surface area contributed by atoms with Crippen LogP contribution in [0.4, 0.5) is 0 Å². The first-order valence-corrected chi connectivity index (χ1v) is 6.06. The van der Waals surface area contributed by atoms with E-state index in [-0.39, 0.29) is 22.6 Å². The van der Waals surface area contributed by atoms with E-state index in [1.807, 2.05) is 6.07 Å². The van der Waals surface area contributed by atoms with Gasteiger partial charge in [0.05, 0.1) is 5.56 Å². The van der Waals surface area contributed by atoms with Gasteiger partial charge in [0.2, 0.25) is 5.78 Å². The van der Waals surface area contributed by atoms with Gasteiger partial charge in [0.1, 0.15) is 17.1 Å². The normalized spacial score (nSPS) is 13.0. The molecule has 0 aliphatic heterocycles. The molecule has 1 N–H and O–H groups in total. The summed E-state index contributed by atoms with van der Waals surface area (Å²) < 4.78 is 0. The molecule has 0 spiro atoms. The Kier molecular flexibility index (Phi) is 2.25. The molecule has 3 aromatic rings. The summed E-state index contributed by atoms with van der Waals surface area (Å²) in [4.78, 5) is 24.4. The van der Waals surface area contributed by atoms with Gasteiger partial charge < -0.3 is 0 Å². The third-order valence-electron chi connectivity index (χ3n) is 3.23. The summed E-state index contributed by atoms with van der Waals surface area (Å²) in [5, 5.41) is 21.3. The van der Waals surface area contributed by atoms with Gasteiger partial charge in [-0.1, -0.05) is 30.3 Å². The Labute approximate surface area is 117 Å². The van der Waals surface area contributed by atoms with Crippen molar-refractivity contribution >= 4 is 11.6 Å². The number of hydrogen-bond donors (Lipinski definition) is 1. The highest BCUT2D eigenvalue weighted by Gasteiger charge is 2.38. The number of carbonyl (C=O) groups excluding carboxylic acids is 2. The highest BCUT2D eigenvalue weighted by molar-refractivity contribution is 6.53. The molecule has 1 aliphatic carbocycles. The number of aromatic nitrogens is 6. The van der Waals surface area contributed by atoms with Gasteiger partial charge in [-0.15, -0.1) is 10.2 Å². The molecule has 0 saturated carbocycles. The van der Waals surface area contributed by atoms with Crippen LogP contribution in [0.5, 0.6) is 0 Å². The van der Waals surface area contributed by atoms with Crippen LogP contribution in [0.15, 0.2) is 30.3 Å². The fourth-order valence-corrected chi connectivity index (χ4v) is 2.28. The van der Waals surface area contributed by atoms with Crippen molar-refractivity contribution in [2.45, 2.75) is 0 Å². The van der Waals surface area contributed by atoms with Gasteiger partial charge in [-0.05, 0) is 5.21 Å².